The van der Waals surface area contributed by atoms with Crippen LogP contribution < -0.4 is 10.2 Å². The second-order valence-electron chi connectivity index (χ2n) is 5.21. The van der Waals surface area contributed by atoms with Gasteiger partial charge in [0.1, 0.15) is 0 Å². The predicted molar refractivity (Wildman–Crippen MR) is 82.6 cm³/mol. The topological polar surface area (TPSA) is 15.3 Å². The van der Waals surface area contributed by atoms with Crippen LogP contribution in [0, 0.1) is 9.49 Å². The summed E-state index contributed by atoms with van der Waals surface area (Å²) >= 11 is 2.38. The van der Waals surface area contributed by atoms with Gasteiger partial charge in [0, 0.05) is 34.9 Å². The Balaban J connectivity index is 2.02. The van der Waals surface area contributed by atoms with Gasteiger partial charge >= 0.3 is 0 Å². The van der Waals surface area contributed by atoms with Gasteiger partial charge in [-0.2, -0.15) is 0 Å². The lowest BCUT2D eigenvalue weighted by Crippen LogP contribution is -2.51. The fraction of sp³-hybridized carbons (Fsp3) is 0.571. The molecule has 1 atom stereocenters. The van der Waals surface area contributed by atoms with Crippen LogP contribution in [0.4, 0.5) is 5.69 Å². The van der Waals surface area contributed by atoms with Crippen LogP contribution in [0.1, 0.15) is 20.3 Å². The molecule has 1 heterocycles. The molecular weight excluding hydrogens is 323 g/mol. The molecule has 1 saturated heterocycles. The maximum absolute atomic E-state index is 3.62. The Kier molecular flexibility index (Phi) is 4.68. The lowest BCUT2D eigenvalue weighted by molar-refractivity contribution is 0.388. The summed E-state index contributed by atoms with van der Waals surface area (Å²) in [5.41, 5.74) is 1.37. The van der Waals surface area contributed by atoms with Crippen LogP contribution >= 0.6 is 22.6 Å². The first-order valence-electron chi connectivity index (χ1n) is 6.39. The van der Waals surface area contributed by atoms with Crippen LogP contribution in [-0.4, -0.2) is 25.7 Å². The van der Waals surface area contributed by atoms with Gasteiger partial charge in [-0.15, -0.1) is 0 Å². The molecule has 94 valence electrons. The summed E-state index contributed by atoms with van der Waals surface area (Å²) in [6, 6.07) is 9.44. The zero-order valence-electron chi connectivity index (χ0n) is 10.6. The van der Waals surface area contributed by atoms with E-state index in [1.165, 1.54) is 15.7 Å². The number of hydrogen-bond donors (Lipinski definition) is 1. The first kappa shape index (κ1) is 13.1. The van der Waals surface area contributed by atoms with E-state index < -0.39 is 0 Å². The van der Waals surface area contributed by atoms with Crippen molar-refractivity contribution in [2.45, 2.75) is 26.3 Å². The SMILES string of the molecule is CC(C)CC1CN(c2cccc(I)c2)CCN1. The molecule has 0 amide bonds. The highest BCUT2D eigenvalue weighted by atomic mass is 127. The summed E-state index contributed by atoms with van der Waals surface area (Å²) < 4.78 is 1.32. The van der Waals surface area contributed by atoms with E-state index in [0.29, 0.717) is 6.04 Å². The quantitative estimate of drug-likeness (QED) is 0.848. The number of anilines is 1. The molecule has 0 bridgehead atoms. The highest BCUT2D eigenvalue weighted by Gasteiger charge is 2.20. The molecule has 0 spiro atoms. The van der Waals surface area contributed by atoms with E-state index in [1.54, 1.807) is 0 Å². The summed E-state index contributed by atoms with van der Waals surface area (Å²) in [5, 5.41) is 3.62. The fourth-order valence-corrected chi connectivity index (χ4v) is 2.99. The van der Waals surface area contributed by atoms with Crippen LogP contribution in [0.5, 0.6) is 0 Å². The summed E-state index contributed by atoms with van der Waals surface area (Å²) in [5.74, 6) is 0.767. The molecule has 1 aromatic carbocycles. The Hall–Kier alpha value is -0.290. The summed E-state index contributed by atoms with van der Waals surface area (Å²) in [6.07, 6.45) is 1.26. The number of halogens is 1. The Labute approximate surface area is 118 Å². The highest BCUT2D eigenvalue weighted by Crippen LogP contribution is 2.20. The van der Waals surface area contributed by atoms with Crippen LogP contribution in [0.3, 0.4) is 0 Å². The molecule has 1 unspecified atom stereocenters. The van der Waals surface area contributed by atoms with E-state index in [9.17, 15) is 0 Å². The Morgan fingerprint density at radius 3 is 3.00 bits per heavy atom. The molecule has 0 aliphatic carbocycles. The number of nitrogens with zero attached hydrogens (tertiary/aromatic N) is 1. The molecule has 1 fully saturated rings. The number of benzene rings is 1. The van der Waals surface area contributed by atoms with Crippen LogP contribution in [0.25, 0.3) is 0 Å². The molecular formula is C14H21IN2. The van der Waals surface area contributed by atoms with Crippen LogP contribution in [0.2, 0.25) is 0 Å². The minimum atomic E-state index is 0.640. The van der Waals surface area contributed by atoms with E-state index in [-0.39, 0.29) is 0 Å². The lowest BCUT2D eigenvalue weighted by atomic mass is 10.0. The van der Waals surface area contributed by atoms with E-state index in [0.717, 1.165) is 25.6 Å². The van der Waals surface area contributed by atoms with Gasteiger partial charge in [-0.3, -0.25) is 0 Å². The van der Waals surface area contributed by atoms with Gasteiger partial charge in [0.15, 0.2) is 0 Å². The number of hydrogen-bond acceptors (Lipinski definition) is 2. The maximum atomic E-state index is 3.62. The van der Waals surface area contributed by atoms with Gasteiger partial charge in [0.05, 0.1) is 0 Å². The molecule has 1 aromatic rings. The van der Waals surface area contributed by atoms with Gasteiger partial charge in [-0.05, 0) is 53.1 Å². The molecule has 2 nitrogen and oxygen atoms in total. The molecule has 1 aliphatic rings. The second kappa shape index (κ2) is 6.05. The van der Waals surface area contributed by atoms with Crippen molar-refractivity contribution in [2.75, 3.05) is 24.5 Å². The van der Waals surface area contributed by atoms with E-state index in [2.05, 4.69) is 70.9 Å². The summed E-state index contributed by atoms with van der Waals surface area (Å²) in [7, 11) is 0. The Morgan fingerprint density at radius 1 is 1.47 bits per heavy atom. The minimum Gasteiger partial charge on any atom is -0.369 e. The Bertz CT molecular complexity index is 365. The standard InChI is InChI=1S/C14H21IN2/c1-11(2)8-13-10-17(7-6-16-13)14-5-3-4-12(15)9-14/h3-5,9,11,13,16H,6-8,10H2,1-2H3. The average Bonchev–Trinajstić information content (AvgIpc) is 2.28. The Morgan fingerprint density at radius 2 is 2.29 bits per heavy atom. The van der Waals surface area contributed by atoms with Gasteiger partial charge in [0.2, 0.25) is 0 Å². The lowest BCUT2D eigenvalue weighted by Gasteiger charge is -2.36. The molecule has 17 heavy (non-hydrogen) atoms. The third-order valence-electron chi connectivity index (χ3n) is 3.18. The van der Waals surface area contributed by atoms with Crippen LogP contribution in [-0.2, 0) is 0 Å². The van der Waals surface area contributed by atoms with Crippen molar-refractivity contribution >= 4 is 28.3 Å². The molecule has 0 aromatic heterocycles. The fourth-order valence-electron chi connectivity index (χ4n) is 2.46. The van der Waals surface area contributed by atoms with Gasteiger partial charge in [-0.1, -0.05) is 19.9 Å². The zero-order valence-corrected chi connectivity index (χ0v) is 12.8. The molecule has 3 heteroatoms. The first-order valence-corrected chi connectivity index (χ1v) is 7.47. The zero-order chi connectivity index (χ0) is 12.3. The van der Waals surface area contributed by atoms with Crippen LogP contribution in [0.15, 0.2) is 24.3 Å². The first-order chi connectivity index (χ1) is 8.15. The molecule has 1 aliphatic heterocycles. The molecule has 0 saturated carbocycles. The predicted octanol–water partition coefficient (Wildman–Crippen LogP) is 3.12. The molecule has 2 rings (SSSR count). The minimum absolute atomic E-state index is 0.640. The normalized spacial score (nSPS) is 20.9. The average molecular weight is 344 g/mol. The third-order valence-corrected chi connectivity index (χ3v) is 3.86. The van der Waals surface area contributed by atoms with E-state index in [1.807, 2.05) is 0 Å². The van der Waals surface area contributed by atoms with Crippen molar-refractivity contribution in [1.29, 1.82) is 0 Å². The van der Waals surface area contributed by atoms with Gasteiger partial charge in [0.25, 0.3) is 0 Å². The van der Waals surface area contributed by atoms with Gasteiger partial charge in [-0.25, -0.2) is 0 Å². The summed E-state index contributed by atoms with van der Waals surface area (Å²) in [4.78, 5) is 2.51. The smallest absolute Gasteiger partial charge is 0.0377 e. The number of rotatable bonds is 3. The number of nitrogens with one attached hydrogen (secondary N) is 1. The number of piperazine rings is 1. The van der Waals surface area contributed by atoms with Crippen molar-refractivity contribution in [3.63, 3.8) is 0 Å². The van der Waals surface area contributed by atoms with Crippen molar-refractivity contribution in [1.82, 2.24) is 5.32 Å². The van der Waals surface area contributed by atoms with E-state index in [4.69, 9.17) is 0 Å². The highest BCUT2D eigenvalue weighted by molar-refractivity contribution is 14.1. The van der Waals surface area contributed by atoms with Gasteiger partial charge < -0.3 is 10.2 Å². The monoisotopic (exact) mass is 344 g/mol. The van der Waals surface area contributed by atoms with Crippen molar-refractivity contribution in [3.05, 3.63) is 27.8 Å². The van der Waals surface area contributed by atoms with Crippen molar-refractivity contribution in [2.24, 2.45) is 5.92 Å². The van der Waals surface area contributed by atoms with Crippen molar-refractivity contribution < 1.29 is 0 Å². The molecule has 1 N–H and O–H groups in total. The van der Waals surface area contributed by atoms with E-state index >= 15 is 0 Å². The maximum Gasteiger partial charge on any atom is 0.0377 e. The third kappa shape index (κ3) is 3.85. The van der Waals surface area contributed by atoms with Crippen molar-refractivity contribution in [3.8, 4) is 0 Å². The second-order valence-corrected chi connectivity index (χ2v) is 6.45. The molecule has 0 radical (unpaired) electrons. The largest absolute Gasteiger partial charge is 0.369 e. The summed E-state index contributed by atoms with van der Waals surface area (Å²) in [6.45, 7) is 7.95.